The molecule has 1 atom stereocenters. The lowest BCUT2D eigenvalue weighted by molar-refractivity contribution is -0.191. The van der Waals surface area contributed by atoms with Gasteiger partial charge in [-0.25, -0.2) is 0 Å². The minimum Gasteiger partial charge on any atom is -0.383 e. The van der Waals surface area contributed by atoms with Crippen molar-refractivity contribution in [1.29, 1.82) is 0 Å². The minimum atomic E-state index is -0.832. The number of nitrogens with one attached hydrogen (secondary N) is 1. The van der Waals surface area contributed by atoms with Gasteiger partial charge in [0.1, 0.15) is 5.60 Å². The van der Waals surface area contributed by atoms with Gasteiger partial charge in [-0.2, -0.15) is 0 Å². The van der Waals surface area contributed by atoms with Crippen LogP contribution in [-0.4, -0.2) is 42.3 Å². The normalized spacial score (nSPS) is 20.3. The molecule has 1 saturated heterocycles. The second-order valence-electron chi connectivity index (χ2n) is 2.87. The minimum absolute atomic E-state index is 0.223. The van der Waals surface area contributed by atoms with Gasteiger partial charge in [0.2, 0.25) is 6.41 Å². The van der Waals surface area contributed by atoms with Gasteiger partial charge in [0.25, 0.3) is 0 Å². The zero-order chi connectivity index (χ0) is 10.3. The summed E-state index contributed by atoms with van der Waals surface area (Å²) in [5.74, 6) is 0.722. The van der Waals surface area contributed by atoms with Crippen molar-refractivity contribution in [2.75, 3.05) is 19.1 Å². The summed E-state index contributed by atoms with van der Waals surface area (Å²) in [6, 6.07) is -0.223. The van der Waals surface area contributed by atoms with Crippen LogP contribution in [0.1, 0.15) is 13.8 Å². The molecule has 1 amide bonds. The molecule has 0 aromatic heterocycles. The molecule has 2 N–H and O–H groups in total. The summed E-state index contributed by atoms with van der Waals surface area (Å²) in [6.07, 6.45) is 0.584. The fourth-order valence-electron chi connectivity index (χ4n) is 0.818. The standard InChI is InChI=1S/C6H11NO3.C2H5Cl/c1-5(7-4-8)6(9)2-10-3-6;1-2-3/h4-5,9H,2-3H2,1H3,(H,7,8);2H2,1H3. The average Bonchev–Trinajstić information content (AvgIpc) is 2.02. The van der Waals surface area contributed by atoms with E-state index in [0.29, 0.717) is 19.6 Å². The molecule has 4 nitrogen and oxygen atoms in total. The number of hydrogen-bond donors (Lipinski definition) is 2. The number of carbonyl (C=O) groups excluding carboxylic acids is 1. The Labute approximate surface area is 83.2 Å². The van der Waals surface area contributed by atoms with Crippen LogP contribution in [0.15, 0.2) is 0 Å². The van der Waals surface area contributed by atoms with Gasteiger partial charge in [-0.05, 0) is 6.92 Å². The maximum absolute atomic E-state index is 9.94. The maximum atomic E-state index is 9.94. The monoisotopic (exact) mass is 209 g/mol. The van der Waals surface area contributed by atoms with E-state index in [0.717, 1.165) is 5.88 Å². The molecular weight excluding hydrogens is 194 g/mol. The molecule has 0 aromatic rings. The summed E-state index contributed by atoms with van der Waals surface area (Å²) < 4.78 is 4.80. The molecule has 0 aromatic carbocycles. The van der Waals surface area contributed by atoms with Gasteiger partial charge in [0, 0.05) is 5.88 Å². The number of hydrogen-bond acceptors (Lipinski definition) is 3. The molecule has 0 radical (unpaired) electrons. The van der Waals surface area contributed by atoms with Crippen LogP contribution in [0, 0.1) is 0 Å². The molecule has 1 heterocycles. The SMILES string of the molecule is CC(NC=O)C1(O)COC1.CCCl. The molecule has 13 heavy (non-hydrogen) atoms. The zero-order valence-electron chi connectivity index (χ0n) is 7.92. The Morgan fingerprint density at radius 2 is 2.23 bits per heavy atom. The third-order valence-corrected chi connectivity index (χ3v) is 1.83. The number of carbonyl (C=O) groups is 1. The zero-order valence-corrected chi connectivity index (χ0v) is 8.67. The van der Waals surface area contributed by atoms with Crippen LogP contribution in [0.3, 0.4) is 0 Å². The number of aliphatic hydroxyl groups is 1. The number of rotatable bonds is 3. The van der Waals surface area contributed by atoms with Crippen LogP contribution in [0.2, 0.25) is 0 Å². The summed E-state index contributed by atoms with van der Waals surface area (Å²) in [5, 5.41) is 11.9. The highest BCUT2D eigenvalue weighted by Crippen LogP contribution is 2.19. The quantitative estimate of drug-likeness (QED) is 0.513. The Hall–Kier alpha value is -0.320. The largest absolute Gasteiger partial charge is 0.383 e. The predicted octanol–water partition coefficient (Wildman–Crippen LogP) is 0.127. The Kier molecular flexibility index (Phi) is 6.03. The van der Waals surface area contributed by atoms with Crippen molar-refractivity contribution in [2.45, 2.75) is 25.5 Å². The lowest BCUT2D eigenvalue weighted by atomic mass is 9.94. The molecule has 0 aliphatic carbocycles. The Balaban J connectivity index is 0.000000424. The lowest BCUT2D eigenvalue weighted by Crippen LogP contribution is -2.61. The second kappa shape index (κ2) is 6.18. The van der Waals surface area contributed by atoms with Gasteiger partial charge in [0.15, 0.2) is 0 Å². The van der Waals surface area contributed by atoms with E-state index in [1.165, 1.54) is 0 Å². The second-order valence-corrected chi connectivity index (χ2v) is 3.40. The Morgan fingerprint density at radius 3 is 2.46 bits per heavy atom. The van der Waals surface area contributed by atoms with E-state index in [9.17, 15) is 9.90 Å². The van der Waals surface area contributed by atoms with Gasteiger partial charge in [-0.1, -0.05) is 6.92 Å². The van der Waals surface area contributed by atoms with Gasteiger partial charge in [0.05, 0.1) is 19.3 Å². The highest BCUT2D eigenvalue weighted by molar-refractivity contribution is 6.17. The number of amides is 1. The summed E-state index contributed by atoms with van der Waals surface area (Å²) in [7, 11) is 0. The van der Waals surface area contributed by atoms with Crippen molar-refractivity contribution < 1.29 is 14.6 Å². The molecule has 0 saturated carbocycles. The smallest absolute Gasteiger partial charge is 0.207 e. The van der Waals surface area contributed by atoms with Gasteiger partial charge in [-0.3, -0.25) is 4.79 Å². The predicted molar refractivity (Wildman–Crippen MR) is 50.8 cm³/mol. The molecule has 5 heteroatoms. The average molecular weight is 210 g/mol. The highest BCUT2D eigenvalue weighted by atomic mass is 35.5. The summed E-state index contributed by atoms with van der Waals surface area (Å²) in [6.45, 7) is 4.27. The van der Waals surface area contributed by atoms with E-state index in [2.05, 4.69) is 5.32 Å². The first kappa shape index (κ1) is 12.7. The summed E-state index contributed by atoms with van der Waals surface area (Å²) in [5.41, 5.74) is -0.832. The summed E-state index contributed by atoms with van der Waals surface area (Å²) in [4.78, 5) is 9.94. The van der Waals surface area contributed by atoms with Crippen molar-refractivity contribution in [2.24, 2.45) is 0 Å². The molecule has 0 bridgehead atoms. The molecule has 1 fully saturated rings. The molecule has 1 rings (SSSR count). The van der Waals surface area contributed by atoms with Gasteiger partial charge in [-0.15, -0.1) is 11.6 Å². The fourth-order valence-corrected chi connectivity index (χ4v) is 0.818. The molecule has 1 aliphatic rings. The van der Waals surface area contributed by atoms with Crippen LogP contribution in [0.25, 0.3) is 0 Å². The Morgan fingerprint density at radius 1 is 1.77 bits per heavy atom. The van der Waals surface area contributed by atoms with Crippen LogP contribution in [-0.2, 0) is 9.53 Å². The van der Waals surface area contributed by atoms with E-state index in [1.54, 1.807) is 6.92 Å². The van der Waals surface area contributed by atoms with Gasteiger partial charge < -0.3 is 15.2 Å². The molecular formula is C8H16ClNO3. The van der Waals surface area contributed by atoms with Gasteiger partial charge >= 0.3 is 0 Å². The van der Waals surface area contributed by atoms with Crippen LogP contribution < -0.4 is 5.32 Å². The third kappa shape index (κ3) is 3.93. The van der Waals surface area contributed by atoms with Crippen molar-refractivity contribution in [3.05, 3.63) is 0 Å². The first-order valence-corrected chi connectivity index (χ1v) is 4.70. The lowest BCUT2D eigenvalue weighted by Gasteiger charge is -2.40. The van der Waals surface area contributed by atoms with Crippen LogP contribution in [0.5, 0.6) is 0 Å². The van der Waals surface area contributed by atoms with E-state index in [4.69, 9.17) is 16.3 Å². The molecule has 1 unspecified atom stereocenters. The van der Waals surface area contributed by atoms with E-state index >= 15 is 0 Å². The number of ether oxygens (including phenoxy) is 1. The highest BCUT2D eigenvalue weighted by Gasteiger charge is 2.41. The first-order valence-electron chi connectivity index (χ1n) is 4.16. The van der Waals surface area contributed by atoms with E-state index in [-0.39, 0.29) is 6.04 Å². The maximum Gasteiger partial charge on any atom is 0.207 e. The van der Waals surface area contributed by atoms with Crippen LogP contribution in [0.4, 0.5) is 0 Å². The van der Waals surface area contributed by atoms with Crippen molar-refractivity contribution in [1.82, 2.24) is 5.32 Å². The first-order chi connectivity index (χ1) is 6.10. The number of halogens is 1. The topological polar surface area (TPSA) is 58.6 Å². The Bertz CT molecular complexity index is 150. The van der Waals surface area contributed by atoms with E-state index < -0.39 is 5.60 Å². The van der Waals surface area contributed by atoms with Crippen LogP contribution >= 0.6 is 11.6 Å². The molecule has 1 aliphatic heterocycles. The van der Waals surface area contributed by atoms with E-state index in [1.807, 2.05) is 6.92 Å². The molecule has 0 spiro atoms. The number of alkyl halides is 1. The van der Waals surface area contributed by atoms with Crippen molar-refractivity contribution in [3.8, 4) is 0 Å². The molecule has 78 valence electrons. The van der Waals surface area contributed by atoms with Crippen molar-refractivity contribution >= 4 is 18.0 Å². The van der Waals surface area contributed by atoms with Crippen molar-refractivity contribution in [3.63, 3.8) is 0 Å². The fraction of sp³-hybridized carbons (Fsp3) is 0.875. The third-order valence-electron chi connectivity index (χ3n) is 1.83. The summed E-state index contributed by atoms with van der Waals surface area (Å²) >= 11 is 5.00.